The van der Waals surface area contributed by atoms with Crippen LogP contribution in [0.1, 0.15) is 24.8 Å². The van der Waals surface area contributed by atoms with Gasteiger partial charge < -0.3 is 10.4 Å². The van der Waals surface area contributed by atoms with Gasteiger partial charge in [-0.3, -0.25) is 14.6 Å². The van der Waals surface area contributed by atoms with Crippen molar-refractivity contribution in [3.8, 4) is 0 Å². The highest BCUT2D eigenvalue weighted by molar-refractivity contribution is 5.86. The van der Waals surface area contributed by atoms with Crippen molar-refractivity contribution in [3.05, 3.63) is 30.1 Å². The van der Waals surface area contributed by atoms with E-state index in [-0.39, 0.29) is 23.7 Å². The van der Waals surface area contributed by atoms with Crippen LogP contribution in [0.4, 0.5) is 0 Å². The highest BCUT2D eigenvalue weighted by atomic mass is 16.4. The Kier molecular flexibility index (Phi) is 3.42. The van der Waals surface area contributed by atoms with Crippen molar-refractivity contribution in [2.75, 3.05) is 0 Å². The normalized spacial score (nSPS) is 31.2. The number of carbonyl (C=O) groups excluding carboxylic acids is 1. The van der Waals surface area contributed by atoms with E-state index in [4.69, 9.17) is 0 Å². The van der Waals surface area contributed by atoms with Crippen molar-refractivity contribution < 1.29 is 14.7 Å². The van der Waals surface area contributed by atoms with Gasteiger partial charge in [-0.25, -0.2) is 0 Å². The molecule has 2 aliphatic carbocycles. The van der Waals surface area contributed by atoms with Crippen LogP contribution in [0.2, 0.25) is 0 Å². The van der Waals surface area contributed by atoms with Crippen molar-refractivity contribution >= 4 is 11.9 Å². The molecular weight excluding hydrogens is 256 g/mol. The van der Waals surface area contributed by atoms with Crippen LogP contribution in [0.15, 0.2) is 24.5 Å². The van der Waals surface area contributed by atoms with Gasteiger partial charge in [0.25, 0.3) is 0 Å². The number of hydrogen-bond donors (Lipinski definition) is 2. The minimum atomic E-state index is -0.818. The first-order chi connectivity index (χ1) is 9.66. The van der Waals surface area contributed by atoms with Gasteiger partial charge in [-0.15, -0.1) is 0 Å². The van der Waals surface area contributed by atoms with E-state index in [0.29, 0.717) is 6.54 Å². The van der Waals surface area contributed by atoms with Crippen molar-refractivity contribution in [2.24, 2.45) is 23.7 Å². The first-order valence-electron chi connectivity index (χ1n) is 7.06. The lowest BCUT2D eigenvalue weighted by Crippen LogP contribution is -2.41. The van der Waals surface area contributed by atoms with Gasteiger partial charge in [-0.05, 0) is 48.8 Å². The average molecular weight is 274 g/mol. The topological polar surface area (TPSA) is 79.3 Å². The summed E-state index contributed by atoms with van der Waals surface area (Å²) in [4.78, 5) is 27.7. The number of amides is 1. The minimum Gasteiger partial charge on any atom is -0.481 e. The number of aliphatic carboxylic acids is 1. The quantitative estimate of drug-likeness (QED) is 0.871. The van der Waals surface area contributed by atoms with Crippen LogP contribution in [0.25, 0.3) is 0 Å². The zero-order valence-corrected chi connectivity index (χ0v) is 11.2. The Morgan fingerprint density at radius 2 is 1.85 bits per heavy atom. The minimum absolute atomic E-state index is 0.110. The second-order valence-corrected chi connectivity index (χ2v) is 5.80. The van der Waals surface area contributed by atoms with Crippen LogP contribution in [0.3, 0.4) is 0 Å². The number of fused-ring (bicyclic) bond motifs is 2. The predicted octanol–water partition coefficient (Wildman–Crippen LogP) is 1.44. The van der Waals surface area contributed by atoms with Crippen LogP contribution in [0.5, 0.6) is 0 Å². The summed E-state index contributed by atoms with van der Waals surface area (Å²) in [5, 5.41) is 12.2. The smallest absolute Gasteiger partial charge is 0.307 e. The summed E-state index contributed by atoms with van der Waals surface area (Å²) in [6, 6.07) is 3.69. The summed E-state index contributed by atoms with van der Waals surface area (Å²) in [6.07, 6.45) is 6.19. The molecule has 0 radical (unpaired) electrons. The van der Waals surface area contributed by atoms with E-state index in [2.05, 4.69) is 10.3 Å². The predicted molar refractivity (Wildman–Crippen MR) is 71.5 cm³/mol. The third kappa shape index (κ3) is 2.28. The lowest BCUT2D eigenvalue weighted by atomic mass is 9.78. The number of carbonyl (C=O) groups is 2. The lowest BCUT2D eigenvalue weighted by molar-refractivity contribution is -0.149. The summed E-state index contributed by atoms with van der Waals surface area (Å²) >= 11 is 0. The van der Waals surface area contributed by atoms with Crippen LogP contribution >= 0.6 is 0 Å². The Balaban J connectivity index is 1.66. The number of hydrogen-bond acceptors (Lipinski definition) is 3. The third-order valence-electron chi connectivity index (χ3n) is 4.72. The fraction of sp³-hybridized carbons (Fsp3) is 0.533. The van der Waals surface area contributed by atoms with Gasteiger partial charge >= 0.3 is 5.97 Å². The second-order valence-electron chi connectivity index (χ2n) is 5.80. The molecule has 4 atom stereocenters. The van der Waals surface area contributed by atoms with Crippen molar-refractivity contribution in [3.63, 3.8) is 0 Å². The molecule has 0 saturated heterocycles. The summed E-state index contributed by atoms with van der Waals surface area (Å²) < 4.78 is 0. The van der Waals surface area contributed by atoms with Gasteiger partial charge in [0.05, 0.1) is 11.8 Å². The van der Waals surface area contributed by atoms with Gasteiger partial charge in [-0.2, -0.15) is 0 Å². The number of nitrogens with zero attached hydrogens (tertiary/aromatic N) is 1. The van der Waals surface area contributed by atoms with Gasteiger partial charge in [-0.1, -0.05) is 0 Å². The van der Waals surface area contributed by atoms with E-state index in [0.717, 1.165) is 24.8 Å². The summed E-state index contributed by atoms with van der Waals surface area (Å²) in [7, 11) is 0. The van der Waals surface area contributed by atoms with E-state index in [1.54, 1.807) is 12.4 Å². The number of pyridine rings is 1. The van der Waals surface area contributed by atoms with Gasteiger partial charge in [0, 0.05) is 18.9 Å². The zero-order chi connectivity index (χ0) is 14.1. The maximum absolute atomic E-state index is 12.3. The van der Waals surface area contributed by atoms with E-state index in [1.807, 2.05) is 12.1 Å². The van der Waals surface area contributed by atoms with Crippen LogP contribution in [-0.4, -0.2) is 22.0 Å². The van der Waals surface area contributed by atoms with Crippen molar-refractivity contribution in [1.29, 1.82) is 0 Å². The molecule has 2 aliphatic rings. The number of rotatable bonds is 4. The summed E-state index contributed by atoms with van der Waals surface area (Å²) in [6.45, 7) is 0.432. The molecule has 20 heavy (non-hydrogen) atoms. The molecule has 2 N–H and O–H groups in total. The number of nitrogens with one attached hydrogen (secondary N) is 1. The zero-order valence-electron chi connectivity index (χ0n) is 11.2. The van der Waals surface area contributed by atoms with Gasteiger partial charge in [0.15, 0.2) is 0 Å². The molecule has 3 rings (SSSR count). The first-order valence-corrected chi connectivity index (χ1v) is 7.06. The standard InChI is InChI=1S/C15H18N2O3/c18-14(17-8-9-3-5-16-6-4-9)12-10-1-2-11(7-10)13(12)15(19)20/h3-6,10-13H,1-2,7-8H2,(H,17,18)(H,19,20)/t10-,11-,12+,13+/m0/s1. The van der Waals surface area contributed by atoms with Gasteiger partial charge in [0.2, 0.25) is 5.91 Å². The maximum Gasteiger partial charge on any atom is 0.307 e. The third-order valence-corrected chi connectivity index (χ3v) is 4.72. The Morgan fingerprint density at radius 1 is 1.20 bits per heavy atom. The van der Waals surface area contributed by atoms with E-state index < -0.39 is 11.9 Å². The highest BCUT2D eigenvalue weighted by Gasteiger charge is 2.53. The summed E-state index contributed by atoms with van der Waals surface area (Å²) in [5.41, 5.74) is 0.975. The average Bonchev–Trinajstić information content (AvgIpc) is 3.06. The van der Waals surface area contributed by atoms with Crippen molar-refractivity contribution in [1.82, 2.24) is 10.3 Å². The molecule has 0 aromatic carbocycles. The molecule has 0 spiro atoms. The number of aromatic nitrogens is 1. The van der Waals surface area contributed by atoms with Crippen LogP contribution in [-0.2, 0) is 16.1 Å². The fourth-order valence-corrected chi connectivity index (χ4v) is 3.83. The molecule has 2 bridgehead atoms. The van der Waals surface area contributed by atoms with Crippen molar-refractivity contribution in [2.45, 2.75) is 25.8 Å². The van der Waals surface area contributed by atoms with Crippen LogP contribution in [0, 0.1) is 23.7 Å². The maximum atomic E-state index is 12.3. The molecule has 0 aliphatic heterocycles. The molecular formula is C15H18N2O3. The lowest BCUT2D eigenvalue weighted by Gasteiger charge is -2.27. The molecule has 5 nitrogen and oxygen atoms in total. The Labute approximate surface area is 117 Å². The molecule has 2 fully saturated rings. The first kappa shape index (κ1) is 13.1. The van der Waals surface area contributed by atoms with Gasteiger partial charge in [0.1, 0.15) is 0 Å². The second kappa shape index (κ2) is 5.23. The SMILES string of the molecule is O=C(O)[C@@H]1[C@H]2CC[C@@H](C2)[C@H]1C(=O)NCc1ccncc1. The Hall–Kier alpha value is -1.91. The Morgan fingerprint density at radius 3 is 2.50 bits per heavy atom. The molecule has 106 valence electrons. The highest BCUT2D eigenvalue weighted by Crippen LogP contribution is 2.52. The molecule has 1 amide bonds. The molecule has 0 unspecified atom stereocenters. The number of carboxylic acid groups (broad SMARTS) is 1. The summed E-state index contributed by atoms with van der Waals surface area (Å²) in [5.74, 6) is -1.34. The molecule has 1 aromatic rings. The molecule has 1 heterocycles. The van der Waals surface area contributed by atoms with Crippen LogP contribution < -0.4 is 5.32 Å². The fourth-order valence-electron chi connectivity index (χ4n) is 3.83. The monoisotopic (exact) mass is 274 g/mol. The van der Waals surface area contributed by atoms with E-state index in [9.17, 15) is 14.7 Å². The van der Waals surface area contributed by atoms with E-state index >= 15 is 0 Å². The molecule has 2 saturated carbocycles. The number of carboxylic acids is 1. The van der Waals surface area contributed by atoms with E-state index in [1.165, 1.54) is 0 Å². The Bertz CT molecular complexity index is 517. The largest absolute Gasteiger partial charge is 0.481 e. The molecule has 1 aromatic heterocycles. The molecule has 5 heteroatoms.